The van der Waals surface area contributed by atoms with Crippen LogP contribution in [0, 0.1) is 0 Å². The summed E-state index contributed by atoms with van der Waals surface area (Å²) in [5.74, 6) is -2.36. The van der Waals surface area contributed by atoms with Crippen LogP contribution >= 0.6 is 7.82 Å². The first kappa shape index (κ1) is 58.0. The summed E-state index contributed by atoms with van der Waals surface area (Å²) in [4.78, 5) is 46.0. The minimum Gasteiger partial charge on any atom is -0.480 e. The van der Waals surface area contributed by atoms with E-state index >= 15 is 0 Å². The Morgan fingerprint density at radius 2 is 0.917 bits per heavy atom. The standard InChI is InChI=1S/C48H90NO10P/c1-3-5-7-9-11-13-15-17-18-19-20-21-22-23-24-25-26-28-29-31-33-35-37-39-46(51)49-45(48(53)54)43-59-60(55,56)58-42-44(50)41-57-47(52)40-38-36-34-32-30-27-16-14-12-10-8-6-4-2/h11,13,17-18,44-45,50H,3-10,12,14-16,19-43H2,1-2H3,(H,49,51)(H,53,54)(H,55,56)/b13-11-,18-17-. The zero-order chi connectivity index (χ0) is 44.2. The number of nitrogens with one attached hydrogen (secondary N) is 1. The normalized spacial score (nSPS) is 13.8. The van der Waals surface area contributed by atoms with Gasteiger partial charge >= 0.3 is 19.8 Å². The monoisotopic (exact) mass is 872 g/mol. The number of aliphatic carboxylic acids is 1. The second-order valence-electron chi connectivity index (χ2n) is 16.7. The molecule has 11 nitrogen and oxygen atoms in total. The summed E-state index contributed by atoms with van der Waals surface area (Å²) in [5, 5.41) is 21.9. The van der Waals surface area contributed by atoms with Gasteiger partial charge in [0.1, 0.15) is 12.7 Å². The molecule has 0 radical (unpaired) electrons. The number of hydrogen-bond donors (Lipinski definition) is 4. The summed E-state index contributed by atoms with van der Waals surface area (Å²) < 4.78 is 26.9. The number of aliphatic hydroxyl groups excluding tert-OH is 1. The third-order valence-corrected chi connectivity index (χ3v) is 11.7. The van der Waals surface area contributed by atoms with Crippen LogP contribution in [0.25, 0.3) is 0 Å². The molecule has 12 heteroatoms. The van der Waals surface area contributed by atoms with Crippen LogP contribution in [-0.2, 0) is 32.7 Å². The first-order valence-electron chi connectivity index (χ1n) is 24.4. The maximum atomic E-state index is 12.4. The van der Waals surface area contributed by atoms with Crippen molar-refractivity contribution in [2.45, 2.75) is 244 Å². The lowest BCUT2D eigenvalue weighted by Crippen LogP contribution is -2.43. The zero-order valence-corrected chi connectivity index (χ0v) is 39.2. The van der Waals surface area contributed by atoms with Crippen molar-refractivity contribution in [2.75, 3.05) is 19.8 Å². The molecule has 1 amide bonds. The SMILES string of the molecule is CCCCC/C=C\C/C=C\CCCCCCCCCCCCCCCC(=O)NC(COP(=O)(O)OCC(O)COC(=O)CCCCCCCCCCCCCCC)C(=O)O. The number of aliphatic hydroxyl groups is 1. The van der Waals surface area contributed by atoms with Crippen molar-refractivity contribution in [2.24, 2.45) is 0 Å². The first-order chi connectivity index (χ1) is 29.1. The molecule has 352 valence electrons. The summed E-state index contributed by atoms with van der Waals surface area (Å²) in [6, 6.07) is -1.54. The number of allylic oxidation sites excluding steroid dienone is 4. The Kier molecular flexibility index (Phi) is 42.1. The summed E-state index contributed by atoms with van der Waals surface area (Å²) in [6.45, 7) is 2.59. The maximum Gasteiger partial charge on any atom is 0.472 e. The number of hydrogen-bond acceptors (Lipinski definition) is 8. The summed E-state index contributed by atoms with van der Waals surface area (Å²) in [5.41, 5.74) is 0. The molecule has 4 N–H and O–H groups in total. The Labute approximate surface area is 366 Å². The van der Waals surface area contributed by atoms with E-state index in [4.69, 9.17) is 13.8 Å². The van der Waals surface area contributed by atoms with Crippen LogP contribution in [0.2, 0.25) is 0 Å². The van der Waals surface area contributed by atoms with Gasteiger partial charge < -0.3 is 25.2 Å². The molecule has 0 aliphatic carbocycles. The largest absolute Gasteiger partial charge is 0.480 e. The molecule has 0 saturated heterocycles. The van der Waals surface area contributed by atoms with Crippen LogP contribution in [0.3, 0.4) is 0 Å². The molecule has 0 heterocycles. The zero-order valence-electron chi connectivity index (χ0n) is 38.3. The predicted molar refractivity (Wildman–Crippen MR) is 245 cm³/mol. The van der Waals surface area contributed by atoms with Gasteiger partial charge in [0.25, 0.3) is 0 Å². The van der Waals surface area contributed by atoms with E-state index in [1.54, 1.807) is 0 Å². The minimum atomic E-state index is -4.75. The van der Waals surface area contributed by atoms with Gasteiger partial charge in [-0.05, 0) is 44.9 Å². The number of esters is 1. The van der Waals surface area contributed by atoms with E-state index in [0.29, 0.717) is 12.8 Å². The van der Waals surface area contributed by atoms with Crippen molar-refractivity contribution in [3.05, 3.63) is 24.3 Å². The van der Waals surface area contributed by atoms with Gasteiger partial charge in [-0.25, -0.2) is 9.36 Å². The second kappa shape index (κ2) is 43.6. The highest BCUT2D eigenvalue weighted by Crippen LogP contribution is 2.43. The van der Waals surface area contributed by atoms with Gasteiger partial charge in [0.2, 0.25) is 5.91 Å². The molecule has 0 aromatic carbocycles. The molecule has 3 unspecified atom stereocenters. The van der Waals surface area contributed by atoms with Crippen LogP contribution < -0.4 is 5.32 Å². The van der Waals surface area contributed by atoms with E-state index in [1.807, 2.05) is 0 Å². The van der Waals surface area contributed by atoms with Gasteiger partial charge in [-0.1, -0.05) is 199 Å². The van der Waals surface area contributed by atoms with E-state index < -0.39 is 57.6 Å². The fraction of sp³-hybridized carbons (Fsp3) is 0.854. The van der Waals surface area contributed by atoms with E-state index in [2.05, 4.69) is 43.5 Å². The highest BCUT2D eigenvalue weighted by Gasteiger charge is 2.28. The molecule has 0 aliphatic rings. The minimum absolute atomic E-state index is 0.147. The fourth-order valence-corrected chi connectivity index (χ4v) is 7.71. The Hall–Kier alpha value is -2.04. The van der Waals surface area contributed by atoms with E-state index in [-0.39, 0.29) is 12.8 Å². The highest BCUT2D eigenvalue weighted by atomic mass is 31.2. The van der Waals surface area contributed by atoms with Gasteiger partial charge in [-0.3, -0.25) is 18.6 Å². The van der Waals surface area contributed by atoms with Crippen LogP contribution in [0.1, 0.15) is 232 Å². The smallest absolute Gasteiger partial charge is 0.472 e. The number of amides is 1. The van der Waals surface area contributed by atoms with Gasteiger partial charge in [0.05, 0.1) is 13.2 Å². The number of phosphoric acid groups is 1. The lowest BCUT2D eigenvalue weighted by atomic mass is 10.0. The van der Waals surface area contributed by atoms with Crippen molar-refractivity contribution in [1.82, 2.24) is 5.32 Å². The quantitative estimate of drug-likeness (QED) is 0.0200. The lowest BCUT2D eigenvalue weighted by Gasteiger charge is -2.18. The van der Waals surface area contributed by atoms with Gasteiger partial charge in [0, 0.05) is 12.8 Å². The van der Waals surface area contributed by atoms with Crippen molar-refractivity contribution in [3.63, 3.8) is 0 Å². The van der Waals surface area contributed by atoms with E-state index in [0.717, 1.165) is 44.9 Å². The first-order valence-corrected chi connectivity index (χ1v) is 25.9. The molecule has 60 heavy (non-hydrogen) atoms. The van der Waals surface area contributed by atoms with Crippen molar-refractivity contribution >= 4 is 25.7 Å². The highest BCUT2D eigenvalue weighted by molar-refractivity contribution is 7.47. The van der Waals surface area contributed by atoms with Crippen molar-refractivity contribution in [1.29, 1.82) is 0 Å². The topological polar surface area (TPSA) is 169 Å². The molecule has 0 fully saturated rings. The Balaban J connectivity index is 3.82. The number of carbonyl (C=O) groups excluding carboxylic acids is 2. The number of carbonyl (C=O) groups is 3. The summed E-state index contributed by atoms with van der Waals surface area (Å²) in [7, 11) is -4.75. The lowest BCUT2D eigenvalue weighted by molar-refractivity contribution is -0.147. The van der Waals surface area contributed by atoms with E-state index in [1.165, 1.54) is 148 Å². The van der Waals surface area contributed by atoms with Crippen molar-refractivity contribution < 1.29 is 47.8 Å². The van der Waals surface area contributed by atoms with Gasteiger partial charge in [-0.15, -0.1) is 0 Å². The summed E-state index contributed by atoms with van der Waals surface area (Å²) >= 11 is 0. The number of carboxylic acid groups (broad SMARTS) is 1. The molecule has 0 spiro atoms. The van der Waals surface area contributed by atoms with Crippen LogP contribution in [0.4, 0.5) is 0 Å². The Bertz CT molecular complexity index is 1120. The maximum absolute atomic E-state index is 12.4. The molecule has 0 aromatic heterocycles. The molecular formula is C48H90NO10P. The average molecular weight is 872 g/mol. The van der Waals surface area contributed by atoms with Crippen LogP contribution in [-0.4, -0.2) is 64.9 Å². The van der Waals surface area contributed by atoms with Crippen molar-refractivity contribution in [3.8, 4) is 0 Å². The summed E-state index contributed by atoms with van der Waals surface area (Å²) in [6.07, 6.45) is 46.3. The molecular weight excluding hydrogens is 781 g/mol. The average Bonchev–Trinajstić information content (AvgIpc) is 3.22. The number of rotatable bonds is 46. The Morgan fingerprint density at radius 3 is 1.38 bits per heavy atom. The molecule has 0 rings (SSSR count). The molecule has 0 saturated carbocycles. The number of carboxylic acids is 1. The van der Waals surface area contributed by atoms with E-state index in [9.17, 15) is 34.1 Å². The molecule has 0 bridgehead atoms. The number of phosphoric ester groups is 1. The molecule has 3 atom stereocenters. The van der Waals surface area contributed by atoms with Crippen LogP contribution in [0.5, 0.6) is 0 Å². The second-order valence-corrected chi connectivity index (χ2v) is 18.1. The van der Waals surface area contributed by atoms with Gasteiger partial charge in [-0.2, -0.15) is 0 Å². The molecule has 0 aliphatic heterocycles. The van der Waals surface area contributed by atoms with Gasteiger partial charge in [0.15, 0.2) is 6.04 Å². The number of unbranched alkanes of at least 4 members (excludes halogenated alkanes) is 28. The third-order valence-electron chi connectivity index (χ3n) is 10.7. The van der Waals surface area contributed by atoms with Crippen LogP contribution in [0.15, 0.2) is 24.3 Å². The Morgan fingerprint density at radius 1 is 0.533 bits per heavy atom. The predicted octanol–water partition coefficient (Wildman–Crippen LogP) is 13.0. The molecule has 0 aromatic rings. The third kappa shape index (κ3) is 42.6. The fourth-order valence-electron chi connectivity index (χ4n) is 6.94. The number of ether oxygens (including phenoxy) is 1.